The maximum atomic E-state index is 12.2. The number of ether oxygens (including phenoxy) is 2. The minimum atomic E-state index is -0.712. The molecule has 1 fully saturated rings. The van der Waals surface area contributed by atoms with Crippen LogP contribution in [0.3, 0.4) is 0 Å². The lowest BCUT2D eigenvalue weighted by Gasteiger charge is -2.31. The molecule has 1 atom stereocenters. The van der Waals surface area contributed by atoms with Gasteiger partial charge in [-0.25, -0.2) is 0 Å². The fourth-order valence-corrected chi connectivity index (χ4v) is 1.99. The Morgan fingerprint density at radius 2 is 2.29 bits per heavy atom. The number of furan rings is 1. The number of amides is 1. The summed E-state index contributed by atoms with van der Waals surface area (Å²) in [5, 5.41) is 10.5. The minimum absolute atomic E-state index is 0.0403. The van der Waals surface area contributed by atoms with E-state index in [0.717, 1.165) is 6.07 Å². The average molecular weight is 298 g/mol. The second-order valence-electron chi connectivity index (χ2n) is 4.42. The van der Waals surface area contributed by atoms with Gasteiger partial charge in [-0.1, -0.05) is 0 Å². The lowest BCUT2D eigenvalue weighted by Crippen LogP contribution is -2.46. The van der Waals surface area contributed by atoms with Gasteiger partial charge >= 0.3 is 11.9 Å². The van der Waals surface area contributed by atoms with Gasteiger partial charge in [0.15, 0.2) is 5.76 Å². The maximum absolute atomic E-state index is 12.2. The Labute approximate surface area is 119 Å². The molecule has 1 aromatic heterocycles. The Bertz CT molecular complexity index is 554. The molecule has 1 aromatic rings. The van der Waals surface area contributed by atoms with Crippen LogP contribution in [0.4, 0.5) is 5.88 Å². The summed E-state index contributed by atoms with van der Waals surface area (Å²) in [6.45, 7) is 0.795. The molecule has 0 aromatic carbocycles. The summed E-state index contributed by atoms with van der Waals surface area (Å²) in [5.41, 5.74) is 0. The van der Waals surface area contributed by atoms with Crippen molar-refractivity contribution in [3.63, 3.8) is 0 Å². The number of esters is 1. The molecular weight excluding hydrogens is 284 g/mol. The zero-order valence-corrected chi connectivity index (χ0v) is 11.3. The number of hydrogen-bond donors (Lipinski definition) is 0. The van der Waals surface area contributed by atoms with Crippen molar-refractivity contribution in [3.05, 3.63) is 28.0 Å². The summed E-state index contributed by atoms with van der Waals surface area (Å²) < 4.78 is 14.8. The third-order valence-electron chi connectivity index (χ3n) is 3.03. The quantitative estimate of drug-likeness (QED) is 0.454. The fourth-order valence-electron chi connectivity index (χ4n) is 1.99. The Kier molecular flexibility index (Phi) is 4.53. The molecule has 1 aliphatic heterocycles. The lowest BCUT2D eigenvalue weighted by molar-refractivity contribution is -0.402. The topological polar surface area (TPSA) is 112 Å². The predicted octanol–water partition coefficient (Wildman–Crippen LogP) is 0.592. The van der Waals surface area contributed by atoms with Crippen LogP contribution in [0.1, 0.15) is 17.0 Å². The molecule has 2 rings (SSSR count). The van der Waals surface area contributed by atoms with Crippen molar-refractivity contribution in [2.45, 2.75) is 12.5 Å². The summed E-state index contributed by atoms with van der Waals surface area (Å²) in [5.74, 6) is -1.50. The largest absolute Gasteiger partial charge is 0.469 e. The number of hydrogen-bond acceptors (Lipinski definition) is 7. The van der Waals surface area contributed by atoms with Gasteiger partial charge in [0.2, 0.25) is 0 Å². The number of rotatable bonds is 4. The van der Waals surface area contributed by atoms with Crippen LogP contribution in [0.25, 0.3) is 0 Å². The molecule has 9 nitrogen and oxygen atoms in total. The predicted molar refractivity (Wildman–Crippen MR) is 67.6 cm³/mol. The standard InChI is InChI=1S/C12H14N2O7/c1-19-11(15)6-8-7-13(4-5-20-8)12(16)9-2-3-10(21-9)14(17)18/h2-3,8H,4-7H2,1H3. The van der Waals surface area contributed by atoms with Crippen LogP contribution < -0.4 is 0 Å². The van der Waals surface area contributed by atoms with E-state index in [0.29, 0.717) is 6.54 Å². The normalized spacial score (nSPS) is 18.3. The average Bonchev–Trinajstić information content (AvgIpc) is 2.96. The highest BCUT2D eigenvalue weighted by atomic mass is 16.6. The summed E-state index contributed by atoms with van der Waals surface area (Å²) >= 11 is 0. The van der Waals surface area contributed by atoms with Crippen LogP contribution in [0.5, 0.6) is 0 Å². The highest BCUT2D eigenvalue weighted by molar-refractivity contribution is 5.91. The van der Waals surface area contributed by atoms with E-state index in [4.69, 9.17) is 9.15 Å². The molecule has 0 aliphatic carbocycles. The monoisotopic (exact) mass is 298 g/mol. The van der Waals surface area contributed by atoms with Gasteiger partial charge in [0.25, 0.3) is 5.91 Å². The highest BCUT2D eigenvalue weighted by Gasteiger charge is 2.29. The van der Waals surface area contributed by atoms with Crippen molar-refractivity contribution in [2.24, 2.45) is 0 Å². The molecule has 1 amide bonds. The first-order chi connectivity index (χ1) is 10.0. The van der Waals surface area contributed by atoms with E-state index in [9.17, 15) is 19.7 Å². The number of nitrogens with zero attached hydrogens (tertiary/aromatic N) is 2. The first kappa shape index (κ1) is 15.0. The van der Waals surface area contributed by atoms with Crippen LogP contribution in [0, 0.1) is 10.1 Å². The Hall–Kier alpha value is -2.42. The van der Waals surface area contributed by atoms with Crippen LogP contribution in [0.2, 0.25) is 0 Å². The van der Waals surface area contributed by atoms with Crippen LogP contribution in [-0.2, 0) is 14.3 Å². The zero-order chi connectivity index (χ0) is 15.4. The number of morpholine rings is 1. The van der Waals surface area contributed by atoms with Gasteiger partial charge in [0, 0.05) is 13.1 Å². The molecular formula is C12H14N2O7. The first-order valence-corrected chi connectivity index (χ1v) is 6.23. The zero-order valence-electron chi connectivity index (χ0n) is 11.3. The Balaban J connectivity index is 2.01. The number of carbonyl (C=O) groups excluding carboxylic acids is 2. The van der Waals surface area contributed by atoms with Gasteiger partial charge in [0.05, 0.1) is 32.3 Å². The molecule has 1 unspecified atom stereocenters. The molecule has 0 bridgehead atoms. The molecule has 114 valence electrons. The summed E-state index contributed by atoms with van der Waals surface area (Å²) in [6.07, 6.45) is -0.418. The van der Waals surface area contributed by atoms with Gasteiger partial charge in [-0.2, -0.15) is 0 Å². The molecule has 0 N–H and O–H groups in total. The number of nitro groups is 1. The summed E-state index contributed by atoms with van der Waals surface area (Å²) in [7, 11) is 1.27. The van der Waals surface area contributed by atoms with E-state index in [-0.39, 0.29) is 25.3 Å². The van der Waals surface area contributed by atoms with Gasteiger partial charge in [-0.3, -0.25) is 19.7 Å². The van der Waals surface area contributed by atoms with Crippen LogP contribution in [-0.4, -0.2) is 54.6 Å². The lowest BCUT2D eigenvalue weighted by atomic mass is 10.2. The Morgan fingerprint density at radius 1 is 1.52 bits per heavy atom. The molecule has 0 spiro atoms. The van der Waals surface area contributed by atoms with Crippen molar-refractivity contribution in [3.8, 4) is 0 Å². The van der Waals surface area contributed by atoms with Crippen LogP contribution in [0.15, 0.2) is 16.5 Å². The molecule has 0 radical (unpaired) electrons. The number of carbonyl (C=O) groups is 2. The summed E-state index contributed by atoms with van der Waals surface area (Å²) in [4.78, 5) is 34.6. The molecule has 21 heavy (non-hydrogen) atoms. The highest BCUT2D eigenvalue weighted by Crippen LogP contribution is 2.19. The minimum Gasteiger partial charge on any atom is -0.469 e. The molecule has 1 aliphatic rings. The van der Waals surface area contributed by atoms with Crippen molar-refractivity contribution in [1.82, 2.24) is 4.90 Å². The van der Waals surface area contributed by atoms with Crippen molar-refractivity contribution in [1.29, 1.82) is 0 Å². The molecule has 9 heteroatoms. The van der Waals surface area contributed by atoms with Gasteiger partial charge in [0.1, 0.15) is 4.92 Å². The smallest absolute Gasteiger partial charge is 0.433 e. The second kappa shape index (κ2) is 6.35. The van der Waals surface area contributed by atoms with Gasteiger partial charge in [-0.05, 0) is 6.07 Å². The van der Waals surface area contributed by atoms with E-state index >= 15 is 0 Å². The van der Waals surface area contributed by atoms with E-state index in [1.54, 1.807) is 0 Å². The van der Waals surface area contributed by atoms with Gasteiger partial charge in [-0.15, -0.1) is 0 Å². The summed E-state index contributed by atoms with van der Waals surface area (Å²) in [6, 6.07) is 2.38. The SMILES string of the molecule is COC(=O)CC1CN(C(=O)c2ccc([N+](=O)[O-])o2)CCO1. The first-order valence-electron chi connectivity index (χ1n) is 6.23. The molecule has 2 heterocycles. The third kappa shape index (κ3) is 3.57. The maximum Gasteiger partial charge on any atom is 0.433 e. The van der Waals surface area contributed by atoms with E-state index < -0.39 is 28.8 Å². The number of methoxy groups -OCH3 is 1. The van der Waals surface area contributed by atoms with Crippen molar-refractivity contribution >= 4 is 17.8 Å². The van der Waals surface area contributed by atoms with Crippen molar-refractivity contribution < 1.29 is 28.4 Å². The van der Waals surface area contributed by atoms with E-state index in [1.165, 1.54) is 18.1 Å². The van der Waals surface area contributed by atoms with Crippen molar-refractivity contribution in [2.75, 3.05) is 26.8 Å². The van der Waals surface area contributed by atoms with E-state index in [1.807, 2.05) is 0 Å². The van der Waals surface area contributed by atoms with E-state index in [2.05, 4.69) is 4.74 Å². The molecule has 1 saturated heterocycles. The second-order valence-corrected chi connectivity index (χ2v) is 4.42. The fraction of sp³-hybridized carbons (Fsp3) is 0.500. The van der Waals surface area contributed by atoms with Gasteiger partial charge < -0.3 is 18.8 Å². The van der Waals surface area contributed by atoms with Crippen LogP contribution >= 0.6 is 0 Å². The Morgan fingerprint density at radius 3 is 2.90 bits per heavy atom. The molecule has 0 saturated carbocycles. The third-order valence-corrected chi connectivity index (χ3v) is 3.03.